The molecule has 0 saturated carbocycles. The number of carboxylic acids is 1. The maximum Gasteiger partial charge on any atom is 0.346 e. The molecule has 126 valence electrons. The Kier molecular flexibility index (Phi) is 4.06. The zero-order chi connectivity index (χ0) is 17.4. The fourth-order valence-electron chi connectivity index (χ4n) is 3.82. The van der Waals surface area contributed by atoms with Crippen molar-refractivity contribution in [1.82, 2.24) is 0 Å². The Balaban J connectivity index is 1.72. The lowest BCUT2D eigenvalue weighted by Crippen LogP contribution is -2.34. The van der Waals surface area contributed by atoms with Crippen LogP contribution in [0.4, 0.5) is 5.69 Å². The van der Waals surface area contributed by atoms with E-state index >= 15 is 0 Å². The molecule has 2 aromatic rings. The number of hydrogen-bond acceptors (Lipinski definition) is 4. The maximum atomic E-state index is 11.0. The first kappa shape index (κ1) is 15.9. The molecule has 4 nitrogen and oxygen atoms in total. The highest BCUT2D eigenvalue weighted by Crippen LogP contribution is 2.40. The molecule has 1 aromatic heterocycles. The van der Waals surface area contributed by atoms with Gasteiger partial charge in [0.1, 0.15) is 11.6 Å². The van der Waals surface area contributed by atoms with Gasteiger partial charge in [-0.3, -0.25) is 0 Å². The number of thiophene rings is 1. The highest BCUT2D eigenvalue weighted by atomic mass is 32.1. The van der Waals surface area contributed by atoms with Crippen molar-refractivity contribution in [3.8, 4) is 16.5 Å². The third-order valence-electron chi connectivity index (χ3n) is 4.88. The van der Waals surface area contributed by atoms with Crippen LogP contribution in [-0.4, -0.2) is 24.2 Å². The highest BCUT2D eigenvalue weighted by Gasteiger charge is 2.24. The molecule has 0 saturated heterocycles. The molecule has 0 amide bonds. The van der Waals surface area contributed by atoms with Gasteiger partial charge in [-0.15, -0.1) is 11.3 Å². The van der Waals surface area contributed by atoms with E-state index in [2.05, 4.69) is 17.0 Å². The summed E-state index contributed by atoms with van der Waals surface area (Å²) in [6, 6.07) is 10.2. The second-order valence-electron chi connectivity index (χ2n) is 6.51. The van der Waals surface area contributed by atoms with Crippen LogP contribution in [0.1, 0.15) is 28.8 Å². The fourth-order valence-corrected chi connectivity index (χ4v) is 4.75. The molecule has 0 spiro atoms. The average Bonchev–Trinajstić information content (AvgIpc) is 3.08. The number of carboxylic acid groups (broad SMARTS) is 1. The van der Waals surface area contributed by atoms with Crippen LogP contribution >= 0.6 is 11.3 Å². The van der Waals surface area contributed by atoms with Gasteiger partial charge in [-0.2, -0.15) is 5.26 Å². The number of benzene rings is 1. The largest absolute Gasteiger partial charge is 0.477 e. The van der Waals surface area contributed by atoms with Crippen LogP contribution in [0.25, 0.3) is 16.5 Å². The summed E-state index contributed by atoms with van der Waals surface area (Å²) in [6.07, 6.45) is 6.11. The van der Waals surface area contributed by atoms with Gasteiger partial charge in [0.15, 0.2) is 0 Å². The van der Waals surface area contributed by atoms with E-state index in [1.807, 2.05) is 12.1 Å². The van der Waals surface area contributed by atoms with Crippen LogP contribution in [-0.2, 0) is 17.6 Å². The first-order valence-corrected chi connectivity index (χ1v) is 9.33. The van der Waals surface area contributed by atoms with Gasteiger partial charge in [-0.05, 0) is 72.7 Å². The van der Waals surface area contributed by atoms with E-state index in [-0.39, 0.29) is 5.57 Å². The second kappa shape index (κ2) is 6.38. The quantitative estimate of drug-likeness (QED) is 0.668. The van der Waals surface area contributed by atoms with Gasteiger partial charge in [0, 0.05) is 28.5 Å². The predicted molar refractivity (Wildman–Crippen MR) is 99.8 cm³/mol. The number of aryl methyl sites for hydroxylation is 2. The molecule has 0 aliphatic carbocycles. The molecule has 0 radical (unpaired) electrons. The summed E-state index contributed by atoms with van der Waals surface area (Å²) in [5.74, 6) is -1.18. The Morgan fingerprint density at radius 2 is 1.88 bits per heavy atom. The first-order chi connectivity index (χ1) is 12.2. The third-order valence-corrected chi connectivity index (χ3v) is 5.96. The minimum absolute atomic E-state index is 0.232. The van der Waals surface area contributed by atoms with Crippen molar-refractivity contribution < 1.29 is 9.90 Å². The number of aliphatic carboxylic acids is 1. The zero-order valence-corrected chi connectivity index (χ0v) is 14.6. The molecular formula is C20H18N2O2S. The van der Waals surface area contributed by atoms with Crippen molar-refractivity contribution in [3.05, 3.63) is 45.8 Å². The van der Waals surface area contributed by atoms with Gasteiger partial charge in [0.05, 0.1) is 0 Å². The molecule has 2 aliphatic heterocycles. The van der Waals surface area contributed by atoms with Crippen LogP contribution in [0.15, 0.2) is 29.8 Å². The molecule has 2 aliphatic rings. The molecule has 1 N–H and O–H groups in total. The summed E-state index contributed by atoms with van der Waals surface area (Å²) < 4.78 is 0. The zero-order valence-electron chi connectivity index (χ0n) is 13.8. The number of nitriles is 1. The van der Waals surface area contributed by atoms with Gasteiger partial charge < -0.3 is 10.0 Å². The molecule has 0 atom stereocenters. The number of rotatable bonds is 3. The molecule has 5 heteroatoms. The standard InChI is InChI=1S/C20H18N2O2S/c21-12-16(20(23)24)11-17-5-6-18(25-17)15-9-13-3-1-7-22-8-2-4-14(10-15)19(13)22/h5-6,9-11H,1-4,7-8H2,(H,23,24)/b16-11+. The molecular weight excluding hydrogens is 332 g/mol. The van der Waals surface area contributed by atoms with Crippen molar-refractivity contribution >= 4 is 29.1 Å². The SMILES string of the molecule is N#C/C(=C\c1ccc(-c2cc3c4c(c2)CCCN4CCC3)s1)C(=O)O. The second-order valence-corrected chi connectivity index (χ2v) is 7.63. The van der Waals surface area contributed by atoms with Crippen molar-refractivity contribution in [1.29, 1.82) is 5.26 Å². The Morgan fingerprint density at radius 1 is 1.20 bits per heavy atom. The van der Waals surface area contributed by atoms with Crippen LogP contribution in [0.3, 0.4) is 0 Å². The van der Waals surface area contributed by atoms with Crippen molar-refractivity contribution in [2.75, 3.05) is 18.0 Å². The van der Waals surface area contributed by atoms with Crippen LogP contribution in [0, 0.1) is 11.3 Å². The first-order valence-electron chi connectivity index (χ1n) is 8.52. The van der Waals surface area contributed by atoms with Crippen LogP contribution in [0.2, 0.25) is 0 Å². The minimum Gasteiger partial charge on any atom is -0.477 e. The van der Waals surface area contributed by atoms with Gasteiger partial charge >= 0.3 is 5.97 Å². The van der Waals surface area contributed by atoms with Gasteiger partial charge in [-0.25, -0.2) is 4.79 Å². The lowest BCUT2D eigenvalue weighted by atomic mass is 9.90. The Labute approximate surface area is 150 Å². The normalized spacial score (nSPS) is 16.3. The lowest BCUT2D eigenvalue weighted by molar-refractivity contribution is -0.132. The summed E-state index contributed by atoms with van der Waals surface area (Å²) in [4.78, 5) is 15.4. The predicted octanol–water partition coefficient (Wildman–Crippen LogP) is 4.11. The molecule has 0 unspecified atom stereocenters. The number of carbonyl (C=O) groups is 1. The minimum atomic E-state index is -1.18. The van der Waals surface area contributed by atoms with E-state index in [9.17, 15) is 4.79 Å². The van der Waals surface area contributed by atoms with E-state index in [0.29, 0.717) is 0 Å². The summed E-state index contributed by atoms with van der Waals surface area (Å²) in [6.45, 7) is 2.33. The van der Waals surface area contributed by atoms with E-state index in [1.165, 1.54) is 65.7 Å². The molecule has 25 heavy (non-hydrogen) atoms. The Hall–Kier alpha value is -2.58. The molecule has 4 rings (SSSR count). The van der Waals surface area contributed by atoms with Crippen molar-refractivity contribution in [2.24, 2.45) is 0 Å². The van der Waals surface area contributed by atoms with Gasteiger partial charge in [-0.1, -0.05) is 0 Å². The summed E-state index contributed by atoms with van der Waals surface area (Å²) in [5.41, 5.74) is 5.30. The smallest absolute Gasteiger partial charge is 0.346 e. The maximum absolute atomic E-state index is 11.0. The average molecular weight is 350 g/mol. The highest BCUT2D eigenvalue weighted by molar-refractivity contribution is 7.16. The topological polar surface area (TPSA) is 64.3 Å². The lowest BCUT2D eigenvalue weighted by Gasteiger charge is -2.37. The van der Waals surface area contributed by atoms with E-state index < -0.39 is 5.97 Å². The van der Waals surface area contributed by atoms with E-state index in [1.54, 1.807) is 6.07 Å². The van der Waals surface area contributed by atoms with E-state index in [4.69, 9.17) is 10.4 Å². The van der Waals surface area contributed by atoms with Crippen LogP contribution in [0.5, 0.6) is 0 Å². The Morgan fingerprint density at radius 3 is 2.48 bits per heavy atom. The summed E-state index contributed by atoms with van der Waals surface area (Å²) in [5, 5.41) is 17.9. The van der Waals surface area contributed by atoms with Crippen molar-refractivity contribution in [3.63, 3.8) is 0 Å². The molecule has 3 heterocycles. The molecule has 1 aromatic carbocycles. The summed E-state index contributed by atoms with van der Waals surface area (Å²) in [7, 11) is 0. The number of anilines is 1. The molecule has 0 bridgehead atoms. The van der Waals surface area contributed by atoms with Crippen molar-refractivity contribution in [2.45, 2.75) is 25.7 Å². The number of hydrogen-bond donors (Lipinski definition) is 1. The van der Waals surface area contributed by atoms with Gasteiger partial charge in [0.2, 0.25) is 0 Å². The monoisotopic (exact) mass is 350 g/mol. The summed E-state index contributed by atoms with van der Waals surface area (Å²) >= 11 is 1.53. The fraction of sp³-hybridized carbons (Fsp3) is 0.300. The number of nitrogens with zero attached hydrogens (tertiary/aromatic N) is 2. The van der Waals surface area contributed by atoms with Gasteiger partial charge in [0.25, 0.3) is 0 Å². The van der Waals surface area contributed by atoms with E-state index in [0.717, 1.165) is 22.6 Å². The molecule has 0 fully saturated rings. The van der Waals surface area contributed by atoms with Crippen LogP contribution < -0.4 is 4.90 Å². The Bertz CT molecular complexity index is 889. The third kappa shape index (κ3) is 2.94.